The molecule has 1 aromatic heterocycles. The van der Waals surface area contributed by atoms with Crippen molar-refractivity contribution >= 4 is 17.5 Å². The second-order valence-corrected chi connectivity index (χ2v) is 7.92. The van der Waals surface area contributed by atoms with E-state index in [9.17, 15) is 4.79 Å². The minimum Gasteiger partial charge on any atom is -0.337 e. The Balaban J connectivity index is 1.34. The fourth-order valence-electron chi connectivity index (χ4n) is 4.15. The first-order chi connectivity index (χ1) is 13.2. The van der Waals surface area contributed by atoms with Gasteiger partial charge in [0.1, 0.15) is 0 Å². The van der Waals surface area contributed by atoms with Crippen molar-refractivity contribution in [2.45, 2.75) is 44.7 Å². The van der Waals surface area contributed by atoms with Crippen LogP contribution in [-0.4, -0.2) is 62.9 Å². The highest BCUT2D eigenvalue weighted by atomic mass is 35.5. The maximum Gasteiger partial charge on any atom is 0.276 e. The lowest BCUT2D eigenvalue weighted by atomic mass is 10.00. The largest absolute Gasteiger partial charge is 0.337 e. The van der Waals surface area contributed by atoms with E-state index in [1.165, 1.54) is 32.4 Å². The molecule has 4 rings (SSSR count). The molecule has 0 radical (unpaired) electrons. The maximum atomic E-state index is 12.8. The number of hydrogen-bond donors (Lipinski definition) is 0. The van der Waals surface area contributed by atoms with Crippen LogP contribution in [0.2, 0.25) is 5.02 Å². The molecular formula is C20H26ClN5O. The molecule has 144 valence electrons. The lowest BCUT2D eigenvalue weighted by Crippen LogP contribution is -2.48. The van der Waals surface area contributed by atoms with Crippen LogP contribution in [0.25, 0.3) is 0 Å². The summed E-state index contributed by atoms with van der Waals surface area (Å²) in [5.74, 6) is -0.0162. The predicted molar refractivity (Wildman–Crippen MR) is 105 cm³/mol. The third-order valence-corrected chi connectivity index (χ3v) is 6.08. The Kier molecular flexibility index (Phi) is 5.74. The van der Waals surface area contributed by atoms with Gasteiger partial charge in [-0.15, -0.1) is 5.10 Å². The summed E-state index contributed by atoms with van der Waals surface area (Å²) in [5.41, 5.74) is 1.38. The molecule has 0 atom stereocenters. The Bertz CT molecular complexity index is 778. The van der Waals surface area contributed by atoms with Crippen LogP contribution in [0.15, 0.2) is 30.5 Å². The summed E-state index contributed by atoms with van der Waals surface area (Å²) in [6, 6.07) is 8.28. The van der Waals surface area contributed by atoms with Crippen LogP contribution in [0.4, 0.5) is 0 Å². The van der Waals surface area contributed by atoms with Gasteiger partial charge >= 0.3 is 0 Å². The molecule has 3 heterocycles. The zero-order chi connectivity index (χ0) is 18.6. The van der Waals surface area contributed by atoms with E-state index in [0.717, 1.165) is 31.5 Å². The highest BCUT2D eigenvalue weighted by molar-refractivity contribution is 6.31. The lowest BCUT2D eigenvalue weighted by molar-refractivity contribution is 0.0584. The summed E-state index contributed by atoms with van der Waals surface area (Å²) < 4.78 is 1.68. The van der Waals surface area contributed by atoms with E-state index in [4.69, 9.17) is 11.6 Å². The SMILES string of the molecule is O=C(c1cn(Cc2ccccc2Cl)nn1)N1CCC(N2CCCCC2)CC1. The Morgan fingerprint density at radius 1 is 1.07 bits per heavy atom. The van der Waals surface area contributed by atoms with Crippen molar-refractivity contribution in [2.24, 2.45) is 0 Å². The lowest BCUT2D eigenvalue weighted by Gasteiger charge is -2.40. The number of hydrogen-bond acceptors (Lipinski definition) is 4. The van der Waals surface area contributed by atoms with Gasteiger partial charge in [-0.3, -0.25) is 4.79 Å². The zero-order valence-electron chi connectivity index (χ0n) is 15.6. The Morgan fingerprint density at radius 2 is 1.81 bits per heavy atom. The normalized spacial score (nSPS) is 19.4. The first kappa shape index (κ1) is 18.4. The average Bonchev–Trinajstić information content (AvgIpc) is 3.18. The van der Waals surface area contributed by atoms with E-state index in [0.29, 0.717) is 23.3 Å². The number of rotatable bonds is 4. The van der Waals surface area contributed by atoms with Crippen LogP contribution in [0.1, 0.15) is 48.2 Å². The van der Waals surface area contributed by atoms with Gasteiger partial charge in [0.25, 0.3) is 5.91 Å². The molecule has 0 unspecified atom stereocenters. The molecule has 2 fully saturated rings. The van der Waals surface area contributed by atoms with E-state index in [1.54, 1.807) is 10.9 Å². The van der Waals surface area contributed by atoms with Gasteiger partial charge in [-0.1, -0.05) is 41.4 Å². The molecule has 1 amide bonds. The number of carbonyl (C=O) groups excluding carboxylic acids is 1. The van der Waals surface area contributed by atoms with Gasteiger partial charge in [-0.25, -0.2) is 4.68 Å². The summed E-state index contributed by atoms with van der Waals surface area (Å²) in [7, 11) is 0. The molecule has 7 heteroatoms. The molecule has 0 spiro atoms. The van der Waals surface area contributed by atoms with Gasteiger partial charge in [0.05, 0.1) is 12.7 Å². The van der Waals surface area contributed by atoms with Crippen molar-refractivity contribution in [3.63, 3.8) is 0 Å². The van der Waals surface area contributed by atoms with Crippen molar-refractivity contribution in [3.05, 3.63) is 46.7 Å². The van der Waals surface area contributed by atoms with Gasteiger partial charge in [0.2, 0.25) is 0 Å². The van der Waals surface area contributed by atoms with Gasteiger partial charge in [0, 0.05) is 24.2 Å². The Morgan fingerprint density at radius 3 is 2.56 bits per heavy atom. The fourth-order valence-corrected chi connectivity index (χ4v) is 4.35. The number of amides is 1. The molecule has 0 saturated carbocycles. The van der Waals surface area contributed by atoms with Gasteiger partial charge in [-0.05, 0) is 50.4 Å². The van der Waals surface area contributed by atoms with Crippen LogP contribution in [0.5, 0.6) is 0 Å². The summed E-state index contributed by atoms with van der Waals surface area (Å²) in [5, 5.41) is 8.90. The number of halogens is 1. The van der Waals surface area contributed by atoms with Crippen molar-refractivity contribution < 1.29 is 4.79 Å². The van der Waals surface area contributed by atoms with Gasteiger partial charge in [-0.2, -0.15) is 0 Å². The predicted octanol–water partition coefficient (Wildman–Crippen LogP) is 3.07. The van der Waals surface area contributed by atoms with Crippen LogP contribution in [0, 0.1) is 0 Å². The van der Waals surface area contributed by atoms with Gasteiger partial charge < -0.3 is 9.80 Å². The minimum atomic E-state index is -0.0162. The number of piperidine rings is 2. The number of carbonyl (C=O) groups is 1. The van der Waals surface area contributed by atoms with E-state index in [2.05, 4.69) is 15.2 Å². The summed E-state index contributed by atoms with van der Waals surface area (Å²) in [6.45, 7) is 4.55. The molecule has 27 heavy (non-hydrogen) atoms. The van der Waals surface area contributed by atoms with Crippen molar-refractivity contribution in [1.29, 1.82) is 0 Å². The second-order valence-electron chi connectivity index (χ2n) is 7.51. The number of aromatic nitrogens is 3. The molecule has 1 aromatic carbocycles. The summed E-state index contributed by atoms with van der Waals surface area (Å²) in [6.07, 6.45) is 7.82. The molecule has 2 aromatic rings. The highest BCUT2D eigenvalue weighted by Crippen LogP contribution is 2.22. The topological polar surface area (TPSA) is 54.3 Å². The minimum absolute atomic E-state index is 0.0162. The number of likely N-dealkylation sites (tertiary alicyclic amines) is 2. The smallest absolute Gasteiger partial charge is 0.276 e. The molecule has 6 nitrogen and oxygen atoms in total. The third-order valence-electron chi connectivity index (χ3n) is 5.71. The Labute approximate surface area is 165 Å². The number of benzene rings is 1. The van der Waals surface area contributed by atoms with E-state index < -0.39 is 0 Å². The van der Waals surface area contributed by atoms with E-state index in [-0.39, 0.29) is 5.91 Å². The van der Waals surface area contributed by atoms with E-state index >= 15 is 0 Å². The summed E-state index contributed by atoms with van der Waals surface area (Å²) in [4.78, 5) is 17.3. The molecule has 0 bridgehead atoms. The van der Waals surface area contributed by atoms with E-state index in [1.807, 2.05) is 29.2 Å². The monoisotopic (exact) mass is 387 g/mol. The van der Waals surface area contributed by atoms with Crippen molar-refractivity contribution in [3.8, 4) is 0 Å². The second kappa shape index (κ2) is 8.40. The quantitative estimate of drug-likeness (QED) is 0.809. The molecule has 0 aliphatic carbocycles. The fraction of sp³-hybridized carbons (Fsp3) is 0.550. The molecule has 2 aliphatic heterocycles. The highest BCUT2D eigenvalue weighted by Gasteiger charge is 2.29. The zero-order valence-corrected chi connectivity index (χ0v) is 16.3. The van der Waals surface area contributed by atoms with Crippen LogP contribution in [0.3, 0.4) is 0 Å². The first-order valence-corrected chi connectivity index (χ1v) is 10.3. The first-order valence-electron chi connectivity index (χ1n) is 9.87. The van der Waals surface area contributed by atoms with Crippen molar-refractivity contribution in [2.75, 3.05) is 26.2 Å². The van der Waals surface area contributed by atoms with Crippen molar-refractivity contribution in [1.82, 2.24) is 24.8 Å². The van der Waals surface area contributed by atoms with Gasteiger partial charge in [0.15, 0.2) is 5.69 Å². The van der Waals surface area contributed by atoms with Crippen LogP contribution >= 0.6 is 11.6 Å². The Hall–Kier alpha value is -1.92. The molecule has 0 N–H and O–H groups in total. The van der Waals surface area contributed by atoms with Crippen LogP contribution in [-0.2, 0) is 6.54 Å². The molecular weight excluding hydrogens is 362 g/mol. The van der Waals surface area contributed by atoms with Crippen LogP contribution < -0.4 is 0 Å². The molecule has 2 aliphatic rings. The number of nitrogens with zero attached hydrogens (tertiary/aromatic N) is 5. The molecule has 2 saturated heterocycles. The average molecular weight is 388 g/mol. The standard InChI is InChI=1S/C20H26ClN5O/c21-18-7-3-2-6-16(18)14-26-15-19(22-23-26)20(27)25-12-8-17(9-13-25)24-10-4-1-5-11-24/h2-3,6-7,15,17H,1,4-5,8-14H2. The third kappa shape index (κ3) is 4.33. The maximum absolute atomic E-state index is 12.8. The summed E-state index contributed by atoms with van der Waals surface area (Å²) >= 11 is 6.20.